The van der Waals surface area contributed by atoms with E-state index >= 15 is 0 Å². The van der Waals surface area contributed by atoms with Gasteiger partial charge in [-0.25, -0.2) is 13.1 Å². The number of hydrogen-bond donors (Lipinski definition) is 2. The fraction of sp³-hybridized carbons (Fsp3) is 0.467. The Labute approximate surface area is 136 Å². The van der Waals surface area contributed by atoms with Gasteiger partial charge < -0.3 is 10.1 Å². The third-order valence-corrected chi connectivity index (χ3v) is 4.46. The zero-order chi connectivity index (χ0) is 17.5. The molecule has 0 aliphatic heterocycles. The molecule has 23 heavy (non-hydrogen) atoms. The SMILES string of the molecule is CCNC(=O)[C@@H](C)OC(=O)CCNS(=O)(=O)c1ccc(C)cc1. The van der Waals surface area contributed by atoms with Crippen molar-refractivity contribution in [2.45, 2.75) is 38.2 Å². The van der Waals surface area contributed by atoms with Gasteiger partial charge in [0, 0.05) is 13.1 Å². The van der Waals surface area contributed by atoms with Gasteiger partial charge in [-0.15, -0.1) is 0 Å². The predicted molar refractivity (Wildman–Crippen MR) is 85.2 cm³/mol. The molecule has 1 aromatic rings. The zero-order valence-corrected chi connectivity index (χ0v) is 14.3. The second kappa shape index (κ2) is 8.64. The monoisotopic (exact) mass is 342 g/mol. The molecule has 1 amide bonds. The van der Waals surface area contributed by atoms with Crippen LogP contribution in [0.3, 0.4) is 0 Å². The number of nitrogens with one attached hydrogen (secondary N) is 2. The third kappa shape index (κ3) is 6.37. The summed E-state index contributed by atoms with van der Waals surface area (Å²) < 4.78 is 31.3. The van der Waals surface area contributed by atoms with E-state index < -0.39 is 22.1 Å². The van der Waals surface area contributed by atoms with Crippen LogP contribution < -0.4 is 10.0 Å². The van der Waals surface area contributed by atoms with Gasteiger partial charge in [0.15, 0.2) is 6.10 Å². The maximum Gasteiger partial charge on any atom is 0.307 e. The minimum Gasteiger partial charge on any atom is -0.453 e. The maximum absolute atomic E-state index is 12.0. The smallest absolute Gasteiger partial charge is 0.307 e. The highest BCUT2D eigenvalue weighted by Gasteiger charge is 2.18. The van der Waals surface area contributed by atoms with E-state index in [0.29, 0.717) is 6.54 Å². The van der Waals surface area contributed by atoms with E-state index in [-0.39, 0.29) is 23.8 Å². The molecule has 1 aromatic carbocycles. The Kier molecular flexibility index (Phi) is 7.18. The number of rotatable bonds is 8. The summed E-state index contributed by atoms with van der Waals surface area (Å²) in [5, 5.41) is 2.53. The third-order valence-electron chi connectivity index (χ3n) is 2.98. The molecule has 2 N–H and O–H groups in total. The van der Waals surface area contributed by atoms with Crippen LogP contribution in [0.5, 0.6) is 0 Å². The second-order valence-corrected chi connectivity index (χ2v) is 6.75. The molecule has 1 rings (SSSR count). The van der Waals surface area contributed by atoms with Crippen molar-refractivity contribution in [2.75, 3.05) is 13.1 Å². The molecule has 0 aromatic heterocycles. The van der Waals surface area contributed by atoms with Crippen LogP contribution in [-0.2, 0) is 24.3 Å². The molecule has 0 fully saturated rings. The first-order valence-electron chi connectivity index (χ1n) is 7.29. The van der Waals surface area contributed by atoms with Crippen LogP contribution in [0.25, 0.3) is 0 Å². The number of sulfonamides is 1. The number of esters is 1. The van der Waals surface area contributed by atoms with E-state index in [1.165, 1.54) is 19.1 Å². The van der Waals surface area contributed by atoms with Gasteiger partial charge >= 0.3 is 5.97 Å². The van der Waals surface area contributed by atoms with Crippen LogP contribution in [0.15, 0.2) is 29.2 Å². The van der Waals surface area contributed by atoms with Crippen LogP contribution in [0.4, 0.5) is 0 Å². The molecule has 0 saturated heterocycles. The number of carbonyl (C=O) groups is 2. The average molecular weight is 342 g/mol. The van der Waals surface area contributed by atoms with Gasteiger partial charge in [0.05, 0.1) is 11.3 Å². The summed E-state index contributed by atoms with van der Waals surface area (Å²) in [5.74, 6) is -1.03. The van der Waals surface area contributed by atoms with Crippen molar-refractivity contribution in [3.8, 4) is 0 Å². The highest BCUT2D eigenvalue weighted by atomic mass is 32.2. The summed E-state index contributed by atoms with van der Waals surface area (Å²) in [6.45, 7) is 5.41. The highest BCUT2D eigenvalue weighted by molar-refractivity contribution is 7.89. The molecule has 0 radical (unpaired) electrons. The lowest BCUT2D eigenvalue weighted by molar-refractivity contribution is -0.154. The van der Waals surface area contributed by atoms with Crippen molar-refractivity contribution in [3.63, 3.8) is 0 Å². The summed E-state index contributed by atoms with van der Waals surface area (Å²) in [5.41, 5.74) is 0.951. The van der Waals surface area contributed by atoms with Crippen LogP contribution in [0.1, 0.15) is 25.8 Å². The lowest BCUT2D eigenvalue weighted by atomic mass is 10.2. The van der Waals surface area contributed by atoms with Gasteiger partial charge in [-0.2, -0.15) is 0 Å². The molecule has 0 aliphatic carbocycles. The van der Waals surface area contributed by atoms with Crippen LogP contribution >= 0.6 is 0 Å². The van der Waals surface area contributed by atoms with Gasteiger partial charge in [0.1, 0.15) is 0 Å². The topological polar surface area (TPSA) is 102 Å². The lowest BCUT2D eigenvalue weighted by Crippen LogP contribution is -2.36. The standard InChI is InChI=1S/C15H22N2O5S/c1-4-16-15(19)12(3)22-14(18)9-10-17-23(20,21)13-7-5-11(2)6-8-13/h5-8,12,17H,4,9-10H2,1-3H3,(H,16,19)/t12-/m1/s1. The summed E-state index contributed by atoms with van der Waals surface area (Å²) >= 11 is 0. The molecule has 8 heteroatoms. The van der Waals surface area contributed by atoms with E-state index in [0.717, 1.165) is 5.56 Å². The summed E-state index contributed by atoms with van der Waals surface area (Å²) in [6.07, 6.45) is -1.06. The van der Waals surface area contributed by atoms with Crippen molar-refractivity contribution < 1.29 is 22.7 Å². The average Bonchev–Trinajstić information content (AvgIpc) is 2.47. The molecule has 7 nitrogen and oxygen atoms in total. The fourth-order valence-electron chi connectivity index (χ4n) is 1.72. The number of likely N-dealkylation sites (N-methyl/N-ethyl adjacent to an activating group) is 1. The molecule has 0 saturated carbocycles. The zero-order valence-electron chi connectivity index (χ0n) is 13.5. The molecular formula is C15H22N2O5S. The Hall–Kier alpha value is -1.93. The Morgan fingerprint density at radius 1 is 1.22 bits per heavy atom. The predicted octanol–water partition coefficient (Wildman–Crippen LogP) is 0.731. The molecule has 0 heterocycles. The van der Waals surface area contributed by atoms with E-state index in [1.54, 1.807) is 19.1 Å². The Morgan fingerprint density at radius 3 is 2.39 bits per heavy atom. The Morgan fingerprint density at radius 2 is 1.83 bits per heavy atom. The maximum atomic E-state index is 12.0. The summed E-state index contributed by atoms with van der Waals surface area (Å²) in [7, 11) is -3.66. The number of hydrogen-bond acceptors (Lipinski definition) is 5. The van der Waals surface area contributed by atoms with Gasteiger partial charge in [-0.3, -0.25) is 9.59 Å². The molecule has 0 bridgehead atoms. The number of benzene rings is 1. The first-order valence-corrected chi connectivity index (χ1v) is 8.78. The number of aryl methyl sites for hydroxylation is 1. The highest BCUT2D eigenvalue weighted by Crippen LogP contribution is 2.09. The number of carbonyl (C=O) groups excluding carboxylic acids is 2. The first kappa shape index (κ1) is 19.1. The molecule has 128 valence electrons. The summed E-state index contributed by atoms with van der Waals surface area (Å²) in [6, 6.07) is 6.37. The van der Waals surface area contributed by atoms with Gasteiger partial charge in [-0.1, -0.05) is 17.7 Å². The molecule has 1 atom stereocenters. The molecule has 0 aliphatic rings. The van der Waals surface area contributed by atoms with E-state index in [1.807, 2.05) is 6.92 Å². The van der Waals surface area contributed by atoms with Gasteiger partial charge in [-0.05, 0) is 32.9 Å². The number of ether oxygens (including phenoxy) is 1. The van der Waals surface area contributed by atoms with E-state index in [9.17, 15) is 18.0 Å². The largest absolute Gasteiger partial charge is 0.453 e. The lowest BCUT2D eigenvalue weighted by Gasteiger charge is -2.13. The molecule has 0 spiro atoms. The van der Waals surface area contributed by atoms with Gasteiger partial charge in [0.2, 0.25) is 10.0 Å². The minimum atomic E-state index is -3.66. The first-order chi connectivity index (χ1) is 10.8. The Balaban J connectivity index is 2.45. The quantitative estimate of drug-likeness (QED) is 0.678. The van der Waals surface area contributed by atoms with Crippen molar-refractivity contribution in [1.29, 1.82) is 0 Å². The number of amides is 1. The minimum absolute atomic E-state index is 0.100. The van der Waals surface area contributed by atoms with E-state index in [2.05, 4.69) is 10.0 Å². The van der Waals surface area contributed by atoms with Crippen molar-refractivity contribution in [3.05, 3.63) is 29.8 Å². The van der Waals surface area contributed by atoms with E-state index in [4.69, 9.17) is 4.74 Å². The van der Waals surface area contributed by atoms with Crippen LogP contribution in [0.2, 0.25) is 0 Å². The van der Waals surface area contributed by atoms with Gasteiger partial charge in [0.25, 0.3) is 5.91 Å². The second-order valence-electron chi connectivity index (χ2n) is 4.99. The summed E-state index contributed by atoms with van der Waals surface area (Å²) in [4.78, 5) is 23.1. The van der Waals surface area contributed by atoms with Crippen LogP contribution in [0, 0.1) is 6.92 Å². The molecular weight excluding hydrogens is 320 g/mol. The fourth-order valence-corrected chi connectivity index (χ4v) is 2.75. The van der Waals surface area contributed by atoms with Crippen molar-refractivity contribution in [2.24, 2.45) is 0 Å². The van der Waals surface area contributed by atoms with Crippen LogP contribution in [-0.4, -0.2) is 39.5 Å². The normalized spacial score (nSPS) is 12.5. The molecule has 0 unspecified atom stereocenters. The Bertz CT molecular complexity index is 640. The van der Waals surface area contributed by atoms with Crippen molar-refractivity contribution in [1.82, 2.24) is 10.0 Å². The van der Waals surface area contributed by atoms with Crippen molar-refractivity contribution >= 4 is 21.9 Å².